The van der Waals surface area contributed by atoms with Crippen molar-refractivity contribution in [3.63, 3.8) is 0 Å². The maximum atomic E-state index is 13.5. The van der Waals surface area contributed by atoms with Crippen LogP contribution in [0, 0.1) is 10.1 Å². The summed E-state index contributed by atoms with van der Waals surface area (Å²) in [5.74, 6) is -0.307. The first kappa shape index (κ1) is 20.9. The SMILES string of the molecule is CCOP(=O)(OCC)C(Nc1ccccc1OC)c1ccc([N+](=O)[O-])cc1. The average Bonchev–Trinajstić information content (AvgIpc) is 2.66. The van der Waals surface area contributed by atoms with Crippen LogP contribution in [0.25, 0.3) is 0 Å². The van der Waals surface area contributed by atoms with Gasteiger partial charge in [0.05, 0.1) is 30.9 Å². The summed E-state index contributed by atoms with van der Waals surface area (Å²) >= 11 is 0. The standard InChI is InChI=1S/C18H23N2O6P/c1-4-25-27(23,26-5-2)18(14-10-12-15(13-11-14)20(21)22)19-16-8-6-7-9-17(16)24-3/h6-13,18-19H,4-5H2,1-3H3. The Labute approximate surface area is 158 Å². The second-order valence-electron chi connectivity index (χ2n) is 5.47. The minimum absolute atomic E-state index is 0.0579. The minimum Gasteiger partial charge on any atom is -0.495 e. The van der Waals surface area contributed by atoms with Crippen molar-refractivity contribution in [2.75, 3.05) is 25.6 Å². The molecule has 0 saturated heterocycles. The highest BCUT2D eigenvalue weighted by Gasteiger charge is 2.37. The molecule has 0 saturated carbocycles. The molecule has 0 heterocycles. The number of para-hydroxylation sites is 2. The second-order valence-corrected chi connectivity index (χ2v) is 7.58. The van der Waals surface area contributed by atoms with Gasteiger partial charge in [-0.05, 0) is 43.7 Å². The van der Waals surface area contributed by atoms with Gasteiger partial charge in [0.1, 0.15) is 5.75 Å². The van der Waals surface area contributed by atoms with Crippen molar-refractivity contribution in [1.29, 1.82) is 0 Å². The van der Waals surface area contributed by atoms with E-state index in [0.717, 1.165) is 0 Å². The van der Waals surface area contributed by atoms with Crippen LogP contribution in [0.15, 0.2) is 48.5 Å². The van der Waals surface area contributed by atoms with Crippen LogP contribution in [0.2, 0.25) is 0 Å². The van der Waals surface area contributed by atoms with Gasteiger partial charge in [0.25, 0.3) is 5.69 Å². The van der Waals surface area contributed by atoms with Crippen LogP contribution in [-0.4, -0.2) is 25.2 Å². The van der Waals surface area contributed by atoms with Crippen LogP contribution in [0.3, 0.4) is 0 Å². The summed E-state index contributed by atoms with van der Waals surface area (Å²) in [5, 5.41) is 14.1. The van der Waals surface area contributed by atoms with E-state index in [1.54, 1.807) is 26.0 Å². The molecule has 1 N–H and O–H groups in total. The molecule has 0 fully saturated rings. The van der Waals surface area contributed by atoms with Crippen molar-refractivity contribution in [1.82, 2.24) is 0 Å². The van der Waals surface area contributed by atoms with Crippen LogP contribution in [0.4, 0.5) is 11.4 Å². The number of nitro groups is 1. The van der Waals surface area contributed by atoms with E-state index in [1.165, 1.54) is 31.4 Å². The number of nitrogens with one attached hydrogen (secondary N) is 1. The summed E-state index contributed by atoms with van der Waals surface area (Å²) in [4.78, 5) is 10.4. The lowest BCUT2D eigenvalue weighted by atomic mass is 10.2. The van der Waals surface area contributed by atoms with E-state index in [9.17, 15) is 14.7 Å². The molecule has 0 aliphatic rings. The molecular weight excluding hydrogens is 371 g/mol. The number of ether oxygens (including phenoxy) is 1. The Hall–Kier alpha value is -2.41. The highest BCUT2D eigenvalue weighted by Crippen LogP contribution is 2.61. The summed E-state index contributed by atoms with van der Waals surface area (Å²) < 4.78 is 29.8. The molecule has 0 radical (unpaired) electrons. The van der Waals surface area contributed by atoms with E-state index in [1.807, 2.05) is 12.1 Å². The van der Waals surface area contributed by atoms with Gasteiger partial charge in [-0.2, -0.15) is 0 Å². The van der Waals surface area contributed by atoms with Gasteiger partial charge in [-0.3, -0.25) is 14.7 Å². The normalized spacial score (nSPS) is 12.4. The first-order chi connectivity index (χ1) is 12.9. The van der Waals surface area contributed by atoms with Crippen molar-refractivity contribution < 1.29 is 23.3 Å². The fourth-order valence-electron chi connectivity index (χ4n) is 2.58. The number of benzene rings is 2. The zero-order valence-electron chi connectivity index (χ0n) is 15.5. The number of anilines is 1. The fraction of sp³-hybridized carbons (Fsp3) is 0.333. The molecular formula is C18H23N2O6P. The third kappa shape index (κ3) is 5.07. The molecule has 1 unspecified atom stereocenters. The predicted molar refractivity (Wildman–Crippen MR) is 103 cm³/mol. The number of nitro benzene ring substituents is 1. The summed E-state index contributed by atoms with van der Waals surface area (Å²) in [5.41, 5.74) is 1.08. The summed E-state index contributed by atoms with van der Waals surface area (Å²) in [6, 6.07) is 13.0. The molecule has 1 atom stereocenters. The first-order valence-electron chi connectivity index (χ1n) is 8.47. The quantitative estimate of drug-likeness (QED) is 0.344. The monoisotopic (exact) mass is 394 g/mol. The molecule has 27 heavy (non-hydrogen) atoms. The molecule has 0 aliphatic carbocycles. The van der Waals surface area contributed by atoms with Gasteiger partial charge in [-0.25, -0.2) is 0 Å². The van der Waals surface area contributed by atoms with Crippen molar-refractivity contribution in [3.8, 4) is 5.75 Å². The van der Waals surface area contributed by atoms with E-state index in [4.69, 9.17) is 13.8 Å². The Morgan fingerprint density at radius 1 is 1.07 bits per heavy atom. The van der Waals surface area contributed by atoms with Crippen LogP contribution in [-0.2, 0) is 13.6 Å². The third-order valence-corrected chi connectivity index (χ3v) is 6.05. The van der Waals surface area contributed by atoms with Gasteiger partial charge in [0.2, 0.25) is 0 Å². The minimum atomic E-state index is -3.62. The van der Waals surface area contributed by atoms with Gasteiger partial charge in [-0.1, -0.05) is 12.1 Å². The van der Waals surface area contributed by atoms with Crippen molar-refractivity contribution in [2.24, 2.45) is 0 Å². The van der Waals surface area contributed by atoms with E-state index >= 15 is 0 Å². The first-order valence-corrected chi connectivity index (χ1v) is 10.1. The van der Waals surface area contributed by atoms with Crippen LogP contribution in [0.1, 0.15) is 25.2 Å². The molecule has 8 nitrogen and oxygen atoms in total. The summed E-state index contributed by atoms with van der Waals surface area (Å²) in [6.45, 7) is 3.83. The molecule has 0 spiro atoms. The summed E-state index contributed by atoms with van der Waals surface area (Å²) in [6.07, 6.45) is 0. The molecule has 0 amide bonds. The number of methoxy groups -OCH3 is 1. The van der Waals surface area contributed by atoms with Crippen molar-refractivity contribution in [2.45, 2.75) is 19.6 Å². The fourth-order valence-corrected chi connectivity index (χ4v) is 4.51. The number of rotatable bonds is 10. The number of hydrogen-bond donors (Lipinski definition) is 1. The number of nitrogens with zero attached hydrogens (tertiary/aromatic N) is 1. The Morgan fingerprint density at radius 3 is 2.19 bits per heavy atom. The second kappa shape index (κ2) is 9.50. The maximum absolute atomic E-state index is 13.5. The lowest BCUT2D eigenvalue weighted by molar-refractivity contribution is -0.384. The molecule has 146 valence electrons. The molecule has 2 aromatic rings. The van der Waals surface area contributed by atoms with E-state index < -0.39 is 18.3 Å². The smallest absolute Gasteiger partial charge is 0.357 e. The highest BCUT2D eigenvalue weighted by molar-refractivity contribution is 7.54. The predicted octanol–water partition coefficient (Wildman–Crippen LogP) is 4.98. The van der Waals surface area contributed by atoms with E-state index in [0.29, 0.717) is 17.0 Å². The lowest BCUT2D eigenvalue weighted by Gasteiger charge is -2.28. The largest absolute Gasteiger partial charge is 0.495 e. The average molecular weight is 394 g/mol. The molecule has 0 aliphatic heterocycles. The van der Waals surface area contributed by atoms with Gasteiger partial charge in [-0.15, -0.1) is 0 Å². The molecule has 0 bridgehead atoms. The Bertz CT molecular complexity index is 802. The van der Waals surface area contributed by atoms with Crippen LogP contribution in [0.5, 0.6) is 5.75 Å². The molecule has 2 aromatic carbocycles. The number of hydrogen-bond acceptors (Lipinski definition) is 7. The van der Waals surface area contributed by atoms with Crippen molar-refractivity contribution in [3.05, 3.63) is 64.2 Å². The van der Waals surface area contributed by atoms with Gasteiger partial charge < -0.3 is 19.1 Å². The highest BCUT2D eigenvalue weighted by atomic mass is 31.2. The topological polar surface area (TPSA) is 99.9 Å². The molecule has 2 rings (SSSR count). The zero-order valence-corrected chi connectivity index (χ0v) is 16.3. The van der Waals surface area contributed by atoms with Gasteiger partial charge in [0.15, 0.2) is 5.78 Å². The third-order valence-electron chi connectivity index (χ3n) is 3.75. The Morgan fingerprint density at radius 2 is 1.67 bits per heavy atom. The van der Waals surface area contributed by atoms with Gasteiger partial charge in [0, 0.05) is 12.1 Å². The van der Waals surface area contributed by atoms with Gasteiger partial charge >= 0.3 is 7.60 Å². The van der Waals surface area contributed by atoms with E-state index in [2.05, 4.69) is 5.32 Å². The van der Waals surface area contributed by atoms with Crippen molar-refractivity contribution >= 4 is 19.0 Å². The number of non-ortho nitro benzene ring substituents is 1. The van der Waals surface area contributed by atoms with Crippen LogP contribution < -0.4 is 10.1 Å². The van der Waals surface area contributed by atoms with Crippen LogP contribution >= 0.6 is 7.60 Å². The Kier molecular flexibility index (Phi) is 7.36. The zero-order chi connectivity index (χ0) is 19.9. The lowest BCUT2D eigenvalue weighted by Crippen LogP contribution is -2.16. The summed E-state index contributed by atoms with van der Waals surface area (Å²) in [7, 11) is -2.09. The Balaban J connectivity index is 2.50. The maximum Gasteiger partial charge on any atom is 0.357 e. The van der Waals surface area contributed by atoms with E-state index in [-0.39, 0.29) is 18.9 Å². The molecule has 0 aromatic heterocycles. The molecule has 9 heteroatoms.